The Bertz CT molecular complexity index is 1060. The van der Waals surface area contributed by atoms with Gasteiger partial charge >= 0.3 is 0 Å². The second-order valence-electron chi connectivity index (χ2n) is 8.17. The van der Waals surface area contributed by atoms with Gasteiger partial charge in [-0.1, -0.05) is 45.0 Å². The second-order valence-corrected chi connectivity index (χ2v) is 9.92. The molecule has 29 heavy (non-hydrogen) atoms. The number of hydrazone groups is 1. The van der Waals surface area contributed by atoms with Crippen molar-refractivity contribution in [2.45, 2.75) is 33.2 Å². The van der Waals surface area contributed by atoms with Gasteiger partial charge in [-0.25, -0.2) is 17.8 Å². The Balaban J connectivity index is 1.99. The minimum absolute atomic E-state index is 0.146. The van der Waals surface area contributed by atoms with E-state index >= 15 is 0 Å². The summed E-state index contributed by atoms with van der Waals surface area (Å²) in [7, 11) is -3.41. The molecule has 0 saturated heterocycles. The fourth-order valence-corrected chi connectivity index (χ4v) is 3.69. The van der Waals surface area contributed by atoms with Crippen molar-refractivity contribution in [1.29, 1.82) is 0 Å². The second kappa shape index (κ2) is 7.59. The van der Waals surface area contributed by atoms with Gasteiger partial charge in [0.2, 0.25) is 15.9 Å². The van der Waals surface area contributed by atoms with E-state index in [2.05, 4.69) is 9.82 Å². The first-order valence-electron chi connectivity index (χ1n) is 9.19. The molecule has 1 amide bonds. The molecule has 1 atom stereocenters. The van der Waals surface area contributed by atoms with Crippen LogP contribution >= 0.6 is 0 Å². The molecule has 0 aromatic heterocycles. The van der Waals surface area contributed by atoms with Crippen LogP contribution in [0, 0.1) is 11.2 Å². The number of nitrogens with one attached hydrogen (secondary N) is 1. The summed E-state index contributed by atoms with van der Waals surface area (Å²) >= 11 is 0. The van der Waals surface area contributed by atoms with Crippen molar-refractivity contribution in [1.82, 2.24) is 5.01 Å². The Morgan fingerprint density at radius 1 is 1.17 bits per heavy atom. The summed E-state index contributed by atoms with van der Waals surface area (Å²) in [4.78, 5) is 13.0. The minimum Gasteiger partial charge on any atom is -0.284 e. The third-order valence-corrected chi connectivity index (χ3v) is 5.12. The maximum Gasteiger partial charge on any atom is 0.248 e. The summed E-state index contributed by atoms with van der Waals surface area (Å²) in [5, 5.41) is 6.03. The van der Waals surface area contributed by atoms with E-state index in [0.29, 0.717) is 17.8 Å². The molecule has 0 bridgehead atoms. The molecule has 0 aliphatic carbocycles. The van der Waals surface area contributed by atoms with Crippen LogP contribution in [0.15, 0.2) is 53.6 Å². The van der Waals surface area contributed by atoms with E-state index in [1.165, 1.54) is 17.1 Å². The lowest BCUT2D eigenvalue weighted by atomic mass is 9.93. The van der Waals surface area contributed by atoms with E-state index in [9.17, 15) is 17.6 Å². The third kappa shape index (κ3) is 5.00. The first-order chi connectivity index (χ1) is 13.4. The molecule has 1 N–H and O–H groups in total. The number of amides is 1. The van der Waals surface area contributed by atoms with Crippen molar-refractivity contribution in [2.75, 3.05) is 11.0 Å². The normalized spacial score (nSPS) is 17.2. The van der Waals surface area contributed by atoms with Gasteiger partial charge in [0, 0.05) is 17.5 Å². The fourth-order valence-electron chi connectivity index (χ4n) is 3.14. The van der Waals surface area contributed by atoms with Crippen LogP contribution in [-0.4, -0.2) is 31.3 Å². The number of carbonyl (C=O) groups excluding carboxylic acids is 1. The highest BCUT2D eigenvalue weighted by molar-refractivity contribution is 7.92. The highest BCUT2D eigenvalue weighted by atomic mass is 32.2. The van der Waals surface area contributed by atoms with Gasteiger partial charge in [0.15, 0.2) is 0 Å². The Kier molecular flexibility index (Phi) is 5.49. The first-order valence-corrected chi connectivity index (χ1v) is 11.1. The maximum atomic E-state index is 13.4. The van der Waals surface area contributed by atoms with E-state index in [4.69, 9.17) is 0 Å². The van der Waals surface area contributed by atoms with Crippen molar-refractivity contribution in [2.24, 2.45) is 10.5 Å². The van der Waals surface area contributed by atoms with E-state index in [0.717, 1.165) is 17.4 Å². The van der Waals surface area contributed by atoms with Gasteiger partial charge in [0.25, 0.3) is 0 Å². The van der Waals surface area contributed by atoms with Crippen LogP contribution < -0.4 is 4.72 Å². The molecule has 2 aromatic carbocycles. The maximum absolute atomic E-state index is 13.4. The lowest BCUT2D eigenvalue weighted by Gasteiger charge is -2.28. The van der Waals surface area contributed by atoms with Crippen LogP contribution in [0.4, 0.5) is 10.1 Å². The molecule has 2 aromatic rings. The largest absolute Gasteiger partial charge is 0.284 e. The molecule has 1 heterocycles. The lowest BCUT2D eigenvalue weighted by Crippen LogP contribution is -2.36. The SMILES string of the molecule is CC(C)(C)C(=O)N1N=C(c2cccc(NS(C)(=O)=O)c2)CC1c1ccc(F)cc1. The Morgan fingerprint density at radius 2 is 1.83 bits per heavy atom. The molecule has 3 rings (SSSR count). The van der Waals surface area contributed by atoms with Crippen LogP contribution in [0.5, 0.6) is 0 Å². The van der Waals surface area contributed by atoms with Crippen molar-refractivity contribution in [3.63, 3.8) is 0 Å². The van der Waals surface area contributed by atoms with Gasteiger partial charge in [0.1, 0.15) is 5.82 Å². The number of nitrogens with zero attached hydrogens (tertiary/aromatic N) is 2. The number of hydrogen-bond donors (Lipinski definition) is 1. The summed E-state index contributed by atoms with van der Waals surface area (Å²) in [5.41, 5.74) is 1.94. The third-order valence-electron chi connectivity index (χ3n) is 4.51. The molecule has 1 aliphatic heterocycles. The molecule has 6 nitrogen and oxygen atoms in total. The number of halogens is 1. The zero-order chi connectivity index (χ0) is 21.4. The Morgan fingerprint density at radius 3 is 2.41 bits per heavy atom. The Labute approximate surface area is 170 Å². The van der Waals surface area contributed by atoms with Gasteiger partial charge in [-0.3, -0.25) is 9.52 Å². The van der Waals surface area contributed by atoms with Gasteiger partial charge in [-0.15, -0.1) is 0 Å². The molecule has 154 valence electrons. The van der Waals surface area contributed by atoms with E-state index in [1.807, 2.05) is 26.8 Å². The summed E-state index contributed by atoms with van der Waals surface area (Å²) < 4.78 is 38.9. The molecule has 1 unspecified atom stereocenters. The topological polar surface area (TPSA) is 78.8 Å². The molecular weight excluding hydrogens is 393 g/mol. The molecule has 8 heteroatoms. The van der Waals surface area contributed by atoms with Gasteiger partial charge in [-0.05, 0) is 35.4 Å². The van der Waals surface area contributed by atoms with Crippen LogP contribution in [0.1, 0.15) is 44.4 Å². The minimum atomic E-state index is -3.41. The van der Waals surface area contributed by atoms with Crippen molar-refractivity contribution >= 4 is 27.3 Å². The summed E-state index contributed by atoms with van der Waals surface area (Å²) in [5.74, 6) is -0.492. The predicted molar refractivity (Wildman–Crippen MR) is 112 cm³/mol. The van der Waals surface area contributed by atoms with E-state index < -0.39 is 15.4 Å². The predicted octanol–water partition coefficient (Wildman–Crippen LogP) is 3.92. The zero-order valence-corrected chi connectivity index (χ0v) is 17.6. The summed E-state index contributed by atoms with van der Waals surface area (Å²) in [6, 6.07) is 12.6. The average Bonchev–Trinajstić information content (AvgIpc) is 3.05. The first kappa shape index (κ1) is 21.0. The fraction of sp³-hybridized carbons (Fsp3) is 0.333. The van der Waals surface area contributed by atoms with Crippen LogP contribution in [0.3, 0.4) is 0 Å². The van der Waals surface area contributed by atoms with Gasteiger partial charge < -0.3 is 0 Å². The summed E-state index contributed by atoms with van der Waals surface area (Å²) in [6.07, 6.45) is 1.52. The zero-order valence-electron chi connectivity index (χ0n) is 16.8. The van der Waals surface area contributed by atoms with Crippen LogP contribution in [0.25, 0.3) is 0 Å². The monoisotopic (exact) mass is 417 g/mol. The molecular formula is C21H24FN3O3S. The number of sulfonamides is 1. The molecule has 0 spiro atoms. The van der Waals surface area contributed by atoms with Gasteiger partial charge in [0.05, 0.1) is 18.0 Å². The molecule has 0 saturated carbocycles. The van der Waals surface area contributed by atoms with E-state index in [1.54, 1.807) is 30.3 Å². The number of rotatable bonds is 4. The standard InChI is InChI=1S/C21H24FN3O3S/c1-21(2,3)20(26)25-19(14-8-10-16(22)11-9-14)13-18(23-25)15-6-5-7-17(12-15)24-29(4,27)28/h5-12,19,24H,13H2,1-4H3. The number of carbonyl (C=O) groups is 1. The number of hydrogen-bond acceptors (Lipinski definition) is 4. The quantitative estimate of drug-likeness (QED) is 0.819. The van der Waals surface area contributed by atoms with Gasteiger partial charge in [-0.2, -0.15) is 5.10 Å². The van der Waals surface area contributed by atoms with Crippen molar-refractivity contribution in [3.05, 3.63) is 65.5 Å². The molecule has 0 fully saturated rings. The van der Waals surface area contributed by atoms with Crippen molar-refractivity contribution < 1.29 is 17.6 Å². The number of benzene rings is 2. The highest BCUT2D eigenvalue weighted by Crippen LogP contribution is 2.36. The average molecular weight is 418 g/mol. The lowest BCUT2D eigenvalue weighted by molar-refractivity contribution is -0.141. The summed E-state index contributed by atoms with van der Waals surface area (Å²) in [6.45, 7) is 5.46. The Hall–Kier alpha value is -2.74. The van der Waals surface area contributed by atoms with Crippen LogP contribution in [0.2, 0.25) is 0 Å². The number of anilines is 1. The smallest absolute Gasteiger partial charge is 0.248 e. The molecule has 1 aliphatic rings. The van der Waals surface area contributed by atoms with Crippen LogP contribution in [-0.2, 0) is 14.8 Å². The highest BCUT2D eigenvalue weighted by Gasteiger charge is 2.38. The van der Waals surface area contributed by atoms with Crippen molar-refractivity contribution in [3.8, 4) is 0 Å². The molecule has 0 radical (unpaired) electrons. The van der Waals surface area contributed by atoms with E-state index in [-0.39, 0.29) is 17.8 Å².